The first kappa shape index (κ1) is 21.3. The van der Waals surface area contributed by atoms with Crippen molar-refractivity contribution in [2.45, 2.75) is 31.2 Å². The van der Waals surface area contributed by atoms with Crippen LogP contribution in [-0.2, 0) is 10.0 Å². The molecule has 8 heteroatoms. The molecule has 1 unspecified atom stereocenters. The number of hydrogen-bond acceptors (Lipinski definition) is 4. The number of para-hydroxylation sites is 1. The monoisotopic (exact) mass is 419 g/mol. The van der Waals surface area contributed by atoms with Crippen molar-refractivity contribution < 1.29 is 17.6 Å². The van der Waals surface area contributed by atoms with E-state index in [1.165, 1.54) is 10.4 Å². The van der Waals surface area contributed by atoms with E-state index >= 15 is 0 Å². The lowest BCUT2D eigenvalue weighted by atomic mass is 10.2. The maximum atomic E-state index is 14.4. The van der Waals surface area contributed by atoms with Crippen LogP contribution in [0.5, 0.6) is 0 Å². The predicted molar refractivity (Wildman–Crippen MR) is 111 cm³/mol. The van der Waals surface area contributed by atoms with Crippen molar-refractivity contribution in [2.75, 3.05) is 31.5 Å². The number of benzene rings is 2. The van der Waals surface area contributed by atoms with Gasteiger partial charge < -0.3 is 10.2 Å². The number of likely N-dealkylation sites (tertiary alicyclic amines) is 1. The first-order valence-electron chi connectivity index (χ1n) is 9.77. The van der Waals surface area contributed by atoms with Gasteiger partial charge in [-0.05, 0) is 36.8 Å². The number of nitrogens with one attached hydrogen (secondary N) is 1. The fourth-order valence-electron chi connectivity index (χ4n) is 3.54. The van der Waals surface area contributed by atoms with Gasteiger partial charge >= 0.3 is 0 Å². The number of rotatable bonds is 7. The summed E-state index contributed by atoms with van der Waals surface area (Å²) in [6.07, 6.45) is 0.736. The normalized spacial score (nSPS) is 17.0. The zero-order valence-electron chi connectivity index (χ0n) is 16.6. The van der Waals surface area contributed by atoms with Crippen molar-refractivity contribution in [3.05, 3.63) is 59.9 Å². The lowest BCUT2D eigenvalue weighted by Gasteiger charge is -2.20. The van der Waals surface area contributed by atoms with Crippen LogP contribution in [0.1, 0.15) is 30.6 Å². The summed E-state index contributed by atoms with van der Waals surface area (Å²) in [4.78, 5) is 14.4. The molecule has 0 spiro atoms. The van der Waals surface area contributed by atoms with E-state index in [1.54, 1.807) is 18.7 Å². The fourth-order valence-corrected chi connectivity index (χ4v) is 5.03. The van der Waals surface area contributed by atoms with Crippen LogP contribution >= 0.6 is 0 Å². The molecular weight excluding hydrogens is 393 g/mol. The molecule has 1 amide bonds. The van der Waals surface area contributed by atoms with Gasteiger partial charge in [0.15, 0.2) is 0 Å². The average Bonchev–Trinajstić information content (AvgIpc) is 3.17. The van der Waals surface area contributed by atoms with E-state index in [4.69, 9.17) is 0 Å². The summed E-state index contributed by atoms with van der Waals surface area (Å²) < 4.78 is 41.1. The minimum atomic E-state index is -3.77. The number of nitrogens with zero attached hydrogens (tertiary/aromatic N) is 2. The van der Waals surface area contributed by atoms with Gasteiger partial charge in [0.2, 0.25) is 10.0 Å². The Morgan fingerprint density at radius 2 is 1.86 bits per heavy atom. The van der Waals surface area contributed by atoms with Crippen LogP contribution in [0.15, 0.2) is 53.4 Å². The van der Waals surface area contributed by atoms with Crippen LogP contribution in [0, 0.1) is 5.82 Å². The standard InChI is InChI=1S/C21H26FN3O3S/c1-3-25(4-2)29(27,28)18-10-11-20(22)19(14-18)21(26)24-13-12-17(15-24)23-16-8-6-5-7-9-16/h5-11,14,17,23H,3-4,12-13,15H2,1-2H3. The van der Waals surface area contributed by atoms with Crippen molar-refractivity contribution in [3.63, 3.8) is 0 Å². The molecule has 1 atom stereocenters. The second kappa shape index (κ2) is 8.92. The molecule has 2 aromatic rings. The predicted octanol–water partition coefficient (Wildman–Crippen LogP) is 3.18. The highest BCUT2D eigenvalue weighted by Crippen LogP contribution is 2.23. The van der Waals surface area contributed by atoms with Gasteiger partial charge in [0.1, 0.15) is 5.82 Å². The summed E-state index contributed by atoms with van der Waals surface area (Å²) in [5, 5.41) is 3.37. The summed E-state index contributed by atoms with van der Waals surface area (Å²) in [5.74, 6) is -1.20. The topological polar surface area (TPSA) is 69.7 Å². The number of amides is 1. The first-order chi connectivity index (χ1) is 13.9. The lowest BCUT2D eigenvalue weighted by Crippen LogP contribution is -2.33. The molecule has 156 valence electrons. The lowest BCUT2D eigenvalue weighted by molar-refractivity contribution is 0.0786. The number of sulfonamides is 1. The van der Waals surface area contributed by atoms with Gasteiger partial charge in [0.25, 0.3) is 5.91 Å². The minimum Gasteiger partial charge on any atom is -0.380 e. The van der Waals surface area contributed by atoms with E-state index in [2.05, 4.69) is 5.32 Å². The van der Waals surface area contributed by atoms with Crippen molar-refractivity contribution in [3.8, 4) is 0 Å². The Morgan fingerprint density at radius 3 is 2.52 bits per heavy atom. The molecule has 1 fully saturated rings. The summed E-state index contributed by atoms with van der Waals surface area (Å²) in [5.41, 5.74) is 0.754. The van der Waals surface area contributed by atoms with Crippen molar-refractivity contribution in [1.29, 1.82) is 0 Å². The number of hydrogen-bond donors (Lipinski definition) is 1. The average molecular weight is 420 g/mol. The van der Waals surface area contributed by atoms with Gasteiger partial charge in [0, 0.05) is 37.9 Å². The number of carbonyl (C=O) groups excluding carboxylic acids is 1. The van der Waals surface area contributed by atoms with Gasteiger partial charge in [-0.2, -0.15) is 4.31 Å². The van der Waals surface area contributed by atoms with Crippen LogP contribution in [0.4, 0.5) is 10.1 Å². The van der Waals surface area contributed by atoms with E-state index in [-0.39, 0.29) is 16.5 Å². The molecular formula is C21H26FN3O3S. The number of anilines is 1. The van der Waals surface area contributed by atoms with Gasteiger partial charge in [-0.15, -0.1) is 0 Å². The van der Waals surface area contributed by atoms with Crippen LogP contribution in [-0.4, -0.2) is 55.8 Å². The molecule has 1 saturated heterocycles. The Balaban J connectivity index is 1.77. The summed E-state index contributed by atoms with van der Waals surface area (Å²) >= 11 is 0. The highest BCUT2D eigenvalue weighted by atomic mass is 32.2. The Bertz CT molecular complexity index is 962. The van der Waals surface area contributed by atoms with Crippen LogP contribution in [0.2, 0.25) is 0 Å². The third-order valence-corrected chi connectivity index (χ3v) is 7.18. The van der Waals surface area contributed by atoms with E-state index in [0.29, 0.717) is 26.2 Å². The first-order valence-corrected chi connectivity index (χ1v) is 11.2. The van der Waals surface area contributed by atoms with E-state index in [0.717, 1.165) is 24.2 Å². The molecule has 3 rings (SSSR count). The number of carbonyl (C=O) groups is 1. The second-order valence-corrected chi connectivity index (χ2v) is 8.92. The van der Waals surface area contributed by atoms with Crippen molar-refractivity contribution >= 4 is 21.6 Å². The fraction of sp³-hybridized carbons (Fsp3) is 0.381. The molecule has 0 bridgehead atoms. The van der Waals surface area contributed by atoms with Crippen LogP contribution < -0.4 is 5.32 Å². The Hall–Kier alpha value is -2.45. The molecule has 1 aliphatic rings. The molecule has 1 aliphatic heterocycles. The van der Waals surface area contributed by atoms with Gasteiger partial charge in [-0.3, -0.25) is 4.79 Å². The minimum absolute atomic E-state index is 0.0620. The SMILES string of the molecule is CCN(CC)S(=O)(=O)c1ccc(F)c(C(=O)N2CCC(Nc3ccccc3)C2)c1. The number of halogens is 1. The molecule has 2 aromatic carbocycles. The molecule has 0 radical (unpaired) electrons. The highest BCUT2D eigenvalue weighted by molar-refractivity contribution is 7.89. The second-order valence-electron chi connectivity index (χ2n) is 6.98. The Morgan fingerprint density at radius 1 is 1.17 bits per heavy atom. The summed E-state index contributed by atoms with van der Waals surface area (Å²) in [6.45, 7) is 4.99. The highest BCUT2D eigenvalue weighted by Gasteiger charge is 2.30. The van der Waals surface area contributed by atoms with Gasteiger partial charge in [0.05, 0.1) is 10.5 Å². The molecule has 0 aliphatic carbocycles. The van der Waals surface area contributed by atoms with Crippen molar-refractivity contribution in [2.24, 2.45) is 0 Å². The molecule has 0 aromatic heterocycles. The van der Waals surface area contributed by atoms with E-state index in [1.807, 2.05) is 30.3 Å². The third-order valence-electron chi connectivity index (χ3n) is 5.13. The van der Waals surface area contributed by atoms with Gasteiger partial charge in [-0.1, -0.05) is 32.0 Å². The zero-order chi connectivity index (χ0) is 21.0. The Labute approximate surface area is 171 Å². The summed E-state index contributed by atoms with van der Waals surface area (Å²) in [7, 11) is -3.77. The van der Waals surface area contributed by atoms with E-state index < -0.39 is 21.7 Å². The third kappa shape index (κ3) is 4.59. The molecule has 0 saturated carbocycles. The molecule has 6 nitrogen and oxygen atoms in total. The summed E-state index contributed by atoms with van der Waals surface area (Å²) in [6, 6.07) is 13.2. The van der Waals surface area contributed by atoms with Gasteiger partial charge in [-0.25, -0.2) is 12.8 Å². The quantitative estimate of drug-likeness (QED) is 0.748. The Kier molecular flexibility index (Phi) is 6.54. The maximum absolute atomic E-state index is 14.4. The maximum Gasteiger partial charge on any atom is 0.256 e. The van der Waals surface area contributed by atoms with Crippen molar-refractivity contribution in [1.82, 2.24) is 9.21 Å². The van der Waals surface area contributed by atoms with E-state index in [9.17, 15) is 17.6 Å². The zero-order valence-corrected chi connectivity index (χ0v) is 17.5. The molecule has 1 heterocycles. The molecule has 29 heavy (non-hydrogen) atoms. The van der Waals surface area contributed by atoms with Crippen LogP contribution in [0.3, 0.4) is 0 Å². The largest absolute Gasteiger partial charge is 0.380 e. The molecule has 1 N–H and O–H groups in total. The smallest absolute Gasteiger partial charge is 0.256 e. The van der Waals surface area contributed by atoms with Crippen LogP contribution in [0.25, 0.3) is 0 Å².